The van der Waals surface area contributed by atoms with E-state index in [1.165, 1.54) is 23.5 Å². The molecule has 0 radical (unpaired) electrons. The zero-order valence-corrected chi connectivity index (χ0v) is 18.9. The van der Waals surface area contributed by atoms with Crippen LogP contribution in [-0.2, 0) is 4.79 Å². The maximum atomic E-state index is 12.9. The number of aliphatic imine (C=N–C) groups is 1. The van der Waals surface area contributed by atoms with Gasteiger partial charge in [-0.3, -0.25) is 9.78 Å². The van der Waals surface area contributed by atoms with Crippen LogP contribution in [0.5, 0.6) is 5.75 Å². The van der Waals surface area contributed by atoms with Crippen molar-refractivity contribution < 1.29 is 9.53 Å². The Balaban J connectivity index is 2.20. The molecule has 7 heteroatoms. The van der Waals surface area contributed by atoms with Crippen LogP contribution in [0.2, 0.25) is 0 Å². The lowest BCUT2D eigenvalue weighted by atomic mass is 10.1. The van der Waals surface area contributed by atoms with E-state index in [9.17, 15) is 4.79 Å². The Hall–Kier alpha value is -2.43. The fourth-order valence-electron chi connectivity index (χ4n) is 2.63. The molecular weight excluding hydrogens is 402 g/mol. The van der Waals surface area contributed by atoms with Gasteiger partial charge in [0, 0.05) is 22.8 Å². The van der Waals surface area contributed by atoms with Crippen LogP contribution in [0.1, 0.15) is 26.3 Å². The standard InChI is InChI=1S/C22H25N3O2S2/c1-8-15-11-16-12-17(9-10-18(16)23-13-15)27-20(28-6)19(26)25-22(4,5)21(29-7)24-14(2)3/h1,9-13,20H,2H2,3-7H3,(H,25,26). The van der Waals surface area contributed by atoms with E-state index in [0.29, 0.717) is 17.0 Å². The van der Waals surface area contributed by atoms with E-state index in [1.807, 2.05) is 51.5 Å². The van der Waals surface area contributed by atoms with Crippen molar-refractivity contribution in [2.45, 2.75) is 31.7 Å². The minimum absolute atomic E-state index is 0.235. The number of ether oxygens (including phenoxy) is 1. The molecule has 1 atom stereocenters. The molecule has 1 aromatic carbocycles. The monoisotopic (exact) mass is 427 g/mol. The van der Waals surface area contributed by atoms with Gasteiger partial charge < -0.3 is 10.1 Å². The van der Waals surface area contributed by atoms with Crippen LogP contribution < -0.4 is 10.1 Å². The number of nitrogens with one attached hydrogen (secondary N) is 1. The third kappa shape index (κ3) is 6.02. The van der Waals surface area contributed by atoms with Crippen LogP contribution in [-0.4, -0.2) is 39.4 Å². The number of amides is 1. The summed E-state index contributed by atoms with van der Waals surface area (Å²) in [7, 11) is 0. The molecule has 1 heterocycles. The average Bonchev–Trinajstić information content (AvgIpc) is 2.68. The van der Waals surface area contributed by atoms with E-state index in [2.05, 4.69) is 27.8 Å². The van der Waals surface area contributed by atoms with Crippen molar-refractivity contribution in [2.24, 2.45) is 4.99 Å². The van der Waals surface area contributed by atoms with Gasteiger partial charge in [-0.2, -0.15) is 0 Å². The number of benzene rings is 1. The summed E-state index contributed by atoms with van der Waals surface area (Å²) in [5.41, 5.74) is 0.816. The smallest absolute Gasteiger partial charge is 0.272 e. The highest BCUT2D eigenvalue weighted by Crippen LogP contribution is 2.24. The second kappa shape index (κ2) is 9.86. The van der Waals surface area contributed by atoms with Crippen molar-refractivity contribution >= 4 is 45.4 Å². The van der Waals surface area contributed by atoms with Crippen LogP contribution in [0.3, 0.4) is 0 Å². The quantitative estimate of drug-likeness (QED) is 0.306. The highest BCUT2D eigenvalue weighted by molar-refractivity contribution is 8.13. The molecule has 0 fully saturated rings. The third-order valence-electron chi connectivity index (χ3n) is 3.95. The van der Waals surface area contributed by atoms with E-state index in [1.54, 1.807) is 12.3 Å². The molecule has 1 amide bonds. The maximum absolute atomic E-state index is 12.9. The van der Waals surface area contributed by atoms with Gasteiger partial charge >= 0.3 is 0 Å². The molecule has 0 aliphatic heterocycles. The van der Waals surface area contributed by atoms with E-state index in [-0.39, 0.29) is 5.91 Å². The topological polar surface area (TPSA) is 63.6 Å². The van der Waals surface area contributed by atoms with Crippen molar-refractivity contribution in [3.8, 4) is 18.1 Å². The predicted molar refractivity (Wildman–Crippen MR) is 126 cm³/mol. The molecule has 1 N–H and O–H groups in total. The van der Waals surface area contributed by atoms with E-state index >= 15 is 0 Å². The van der Waals surface area contributed by atoms with Crippen molar-refractivity contribution in [1.82, 2.24) is 10.3 Å². The van der Waals surface area contributed by atoms with Gasteiger partial charge in [-0.15, -0.1) is 29.9 Å². The molecule has 0 spiro atoms. The summed E-state index contributed by atoms with van der Waals surface area (Å²) in [5.74, 6) is 2.91. The number of carbonyl (C=O) groups excluding carboxylic acids is 1. The van der Waals surface area contributed by atoms with Crippen LogP contribution >= 0.6 is 23.5 Å². The average molecular weight is 428 g/mol. The zero-order chi connectivity index (χ0) is 21.6. The van der Waals surface area contributed by atoms with Gasteiger partial charge in [-0.25, -0.2) is 4.99 Å². The molecule has 1 unspecified atom stereocenters. The minimum Gasteiger partial charge on any atom is -0.470 e. The van der Waals surface area contributed by atoms with Crippen LogP contribution in [0, 0.1) is 12.3 Å². The van der Waals surface area contributed by atoms with Gasteiger partial charge in [0.1, 0.15) is 5.75 Å². The van der Waals surface area contributed by atoms with E-state index in [0.717, 1.165) is 15.9 Å². The second-order valence-corrected chi connectivity index (χ2v) is 8.57. The molecule has 2 aromatic rings. The lowest BCUT2D eigenvalue weighted by Gasteiger charge is -2.29. The first-order chi connectivity index (χ1) is 13.7. The Bertz CT molecular complexity index is 993. The lowest BCUT2D eigenvalue weighted by Crippen LogP contribution is -2.52. The number of fused-ring (bicyclic) bond motifs is 1. The van der Waals surface area contributed by atoms with Gasteiger partial charge in [0.05, 0.1) is 16.1 Å². The van der Waals surface area contributed by atoms with Crippen molar-refractivity contribution in [1.29, 1.82) is 0 Å². The minimum atomic E-state index is -0.719. The van der Waals surface area contributed by atoms with E-state index in [4.69, 9.17) is 11.2 Å². The lowest BCUT2D eigenvalue weighted by molar-refractivity contribution is -0.125. The molecule has 29 heavy (non-hydrogen) atoms. The molecule has 5 nitrogen and oxygen atoms in total. The maximum Gasteiger partial charge on any atom is 0.272 e. The van der Waals surface area contributed by atoms with Crippen LogP contribution in [0.4, 0.5) is 0 Å². The van der Waals surface area contributed by atoms with Crippen LogP contribution in [0.15, 0.2) is 47.7 Å². The first-order valence-corrected chi connectivity index (χ1v) is 11.4. The number of terminal acetylenes is 1. The first-order valence-electron chi connectivity index (χ1n) is 8.86. The normalized spacial score (nSPS) is 12.9. The molecular formula is C22H25N3O2S2. The fourth-order valence-corrected chi connectivity index (χ4v) is 3.92. The Labute approximate surface area is 180 Å². The highest BCUT2D eigenvalue weighted by Gasteiger charge is 2.31. The molecule has 152 valence electrons. The summed E-state index contributed by atoms with van der Waals surface area (Å²) < 4.78 is 5.95. The van der Waals surface area contributed by atoms with Crippen molar-refractivity contribution in [2.75, 3.05) is 12.5 Å². The van der Waals surface area contributed by atoms with E-state index < -0.39 is 11.0 Å². The summed E-state index contributed by atoms with van der Waals surface area (Å²) >= 11 is 2.79. The number of rotatable bonds is 7. The summed E-state index contributed by atoms with van der Waals surface area (Å²) in [5, 5.41) is 4.66. The number of thioether (sulfide) groups is 2. The van der Waals surface area contributed by atoms with Crippen LogP contribution in [0.25, 0.3) is 10.9 Å². The number of allylic oxidation sites excluding steroid dienone is 1. The largest absolute Gasteiger partial charge is 0.470 e. The highest BCUT2D eigenvalue weighted by atomic mass is 32.2. The Morgan fingerprint density at radius 2 is 2.10 bits per heavy atom. The van der Waals surface area contributed by atoms with Gasteiger partial charge in [-0.05, 0) is 57.5 Å². The molecule has 1 aromatic heterocycles. The van der Waals surface area contributed by atoms with Crippen molar-refractivity contribution in [3.63, 3.8) is 0 Å². The number of nitrogens with zero attached hydrogens (tertiary/aromatic N) is 2. The number of carbonyl (C=O) groups is 1. The number of pyridine rings is 1. The number of hydrogen-bond donors (Lipinski definition) is 1. The molecule has 2 rings (SSSR count). The molecule has 0 bridgehead atoms. The summed E-state index contributed by atoms with van der Waals surface area (Å²) in [6, 6.07) is 7.34. The van der Waals surface area contributed by atoms with Gasteiger partial charge in [-0.1, -0.05) is 12.5 Å². The fraction of sp³-hybridized carbons (Fsp3) is 0.318. The Morgan fingerprint density at radius 1 is 1.38 bits per heavy atom. The summed E-state index contributed by atoms with van der Waals surface area (Å²) in [6.07, 6.45) is 10.9. The SMILES string of the molecule is C#Cc1cnc2ccc(OC(SC)C(=O)NC(C)(C)C(=NC(=C)C)SC)cc2c1. The third-order valence-corrected chi connectivity index (χ3v) is 5.67. The van der Waals surface area contributed by atoms with Crippen molar-refractivity contribution in [3.05, 3.63) is 48.3 Å². The van der Waals surface area contributed by atoms with Gasteiger partial charge in [0.25, 0.3) is 5.91 Å². The molecule has 0 saturated carbocycles. The zero-order valence-electron chi connectivity index (χ0n) is 17.3. The number of aromatic nitrogens is 1. The summed E-state index contributed by atoms with van der Waals surface area (Å²) in [6.45, 7) is 9.45. The molecule has 0 saturated heterocycles. The first kappa shape index (κ1) is 22.9. The molecule has 0 aliphatic carbocycles. The Kier molecular flexibility index (Phi) is 7.77. The Morgan fingerprint density at radius 3 is 2.69 bits per heavy atom. The van der Waals surface area contributed by atoms with Gasteiger partial charge in [0.2, 0.25) is 5.44 Å². The number of hydrogen-bond acceptors (Lipinski definition) is 6. The molecule has 0 aliphatic rings. The predicted octanol–water partition coefficient (Wildman–Crippen LogP) is 4.47. The van der Waals surface area contributed by atoms with Gasteiger partial charge in [0.15, 0.2) is 0 Å². The summed E-state index contributed by atoms with van der Waals surface area (Å²) in [4.78, 5) is 21.6. The second-order valence-electron chi connectivity index (χ2n) is 6.88.